The lowest BCUT2D eigenvalue weighted by Gasteiger charge is -2.39. The lowest BCUT2D eigenvalue weighted by molar-refractivity contribution is -0.875. The number of hydrogen-bond acceptors (Lipinski definition) is 3. The van der Waals surface area contributed by atoms with E-state index < -0.39 is 0 Å². The third-order valence-corrected chi connectivity index (χ3v) is 1.73. The summed E-state index contributed by atoms with van der Waals surface area (Å²) in [6.07, 6.45) is 0. The summed E-state index contributed by atoms with van der Waals surface area (Å²) in [5, 5.41) is 23.1. The third-order valence-electron chi connectivity index (χ3n) is 1.73. The van der Waals surface area contributed by atoms with E-state index in [0.717, 1.165) is 0 Å². The highest BCUT2D eigenvalue weighted by atomic mass is 17.0. The van der Waals surface area contributed by atoms with Gasteiger partial charge in [0.15, 0.2) is 0 Å². The molecule has 0 aliphatic carbocycles. The molecule has 4 heteroatoms. The Hall–Kier alpha value is -0.160. The van der Waals surface area contributed by atoms with Crippen molar-refractivity contribution < 1.29 is 15.2 Å². The molecule has 0 saturated heterocycles. The summed E-state index contributed by atoms with van der Waals surface area (Å²) < 4.78 is -0.0417. The van der Waals surface area contributed by atoms with Crippen LogP contribution in [0, 0.1) is 5.21 Å². The predicted octanol–water partition coefficient (Wildman–Crippen LogP) is 1.38. The number of rotatable bonds is 3. The van der Waals surface area contributed by atoms with Gasteiger partial charge in [0, 0.05) is 0 Å². The fraction of sp³-hybridized carbons (Fsp3) is 1.00. The molecular formula is C6H17NO3. The van der Waals surface area contributed by atoms with Gasteiger partial charge in [0.25, 0.3) is 0 Å². The number of quaternary nitrogens is 1. The van der Waals surface area contributed by atoms with Crippen molar-refractivity contribution in [1.29, 1.82) is 0 Å². The second-order valence-electron chi connectivity index (χ2n) is 2.01. The van der Waals surface area contributed by atoms with Crippen molar-refractivity contribution >= 4 is 0 Å². The van der Waals surface area contributed by atoms with E-state index >= 15 is 0 Å². The third kappa shape index (κ3) is 4.69. The molecule has 0 rings (SSSR count). The lowest BCUT2D eigenvalue weighted by Crippen LogP contribution is -2.41. The van der Waals surface area contributed by atoms with E-state index in [2.05, 4.69) is 0 Å². The molecule has 0 aromatic heterocycles. The molecule has 10 heavy (non-hydrogen) atoms. The largest absolute Gasteiger partial charge is 0.633 e. The highest BCUT2D eigenvalue weighted by molar-refractivity contribution is 4.31. The van der Waals surface area contributed by atoms with Gasteiger partial charge in [0.2, 0.25) is 0 Å². The van der Waals surface area contributed by atoms with Crippen LogP contribution in [0.3, 0.4) is 0 Å². The maximum absolute atomic E-state index is 11.1. The maximum Gasteiger partial charge on any atom is 0.0755 e. The van der Waals surface area contributed by atoms with E-state index in [-0.39, 0.29) is 4.65 Å². The zero-order valence-electron chi connectivity index (χ0n) is 6.87. The minimum absolute atomic E-state index is 0.0417. The lowest BCUT2D eigenvalue weighted by atomic mass is 10.5. The number of nitrogens with zero attached hydrogens (tertiary/aromatic N) is 1. The summed E-state index contributed by atoms with van der Waals surface area (Å²) in [5.41, 5.74) is 0. The molecule has 0 bridgehead atoms. The van der Waals surface area contributed by atoms with E-state index in [0.29, 0.717) is 19.6 Å². The Bertz CT molecular complexity index is 55.7. The SMILES string of the molecule is CC[N+]([O-])(CC)CC.OO. The zero-order valence-corrected chi connectivity index (χ0v) is 6.87. The zero-order chi connectivity index (χ0) is 8.62. The van der Waals surface area contributed by atoms with E-state index in [1.54, 1.807) is 0 Å². The van der Waals surface area contributed by atoms with E-state index in [4.69, 9.17) is 10.5 Å². The molecule has 0 spiro atoms. The first-order valence-electron chi connectivity index (χ1n) is 3.45. The van der Waals surface area contributed by atoms with Gasteiger partial charge in [-0.1, -0.05) is 0 Å². The molecule has 0 heterocycles. The molecule has 0 aliphatic heterocycles. The van der Waals surface area contributed by atoms with Crippen molar-refractivity contribution in [3.63, 3.8) is 0 Å². The van der Waals surface area contributed by atoms with E-state index in [1.165, 1.54) is 0 Å². The monoisotopic (exact) mass is 151 g/mol. The fourth-order valence-electron chi connectivity index (χ4n) is 0.671. The topological polar surface area (TPSA) is 63.5 Å². The molecule has 0 aliphatic rings. The van der Waals surface area contributed by atoms with Crippen LogP contribution < -0.4 is 0 Å². The van der Waals surface area contributed by atoms with Gasteiger partial charge in [-0.25, -0.2) is 0 Å². The molecule has 0 aromatic carbocycles. The van der Waals surface area contributed by atoms with Gasteiger partial charge in [0.05, 0.1) is 19.6 Å². The number of hydroxylamine groups is 3. The molecule has 0 fully saturated rings. The summed E-state index contributed by atoms with van der Waals surface area (Å²) >= 11 is 0. The molecule has 0 radical (unpaired) electrons. The average Bonchev–Trinajstić information content (AvgIpc) is 2.07. The summed E-state index contributed by atoms with van der Waals surface area (Å²) in [6.45, 7) is 7.90. The molecule has 0 atom stereocenters. The van der Waals surface area contributed by atoms with Crippen LogP contribution in [0.4, 0.5) is 0 Å². The molecule has 0 amide bonds. The van der Waals surface area contributed by atoms with Crippen LogP contribution in [0.25, 0.3) is 0 Å². The van der Waals surface area contributed by atoms with Crippen LogP contribution in [0.15, 0.2) is 0 Å². The minimum Gasteiger partial charge on any atom is -0.633 e. The highest BCUT2D eigenvalue weighted by Crippen LogP contribution is 1.99. The average molecular weight is 151 g/mol. The van der Waals surface area contributed by atoms with E-state index in [9.17, 15) is 5.21 Å². The van der Waals surface area contributed by atoms with Gasteiger partial charge in [-0.2, -0.15) is 0 Å². The summed E-state index contributed by atoms with van der Waals surface area (Å²) in [4.78, 5) is 0. The molecular weight excluding hydrogens is 134 g/mol. The van der Waals surface area contributed by atoms with Gasteiger partial charge in [0.1, 0.15) is 0 Å². The van der Waals surface area contributed by atoms with Crippen LogP contribution in [0.5, 0.6) is 0 Å². The van der Waals surface area contributed by atoms with Crippen LogP contribution >= 0.6 is 0 Å². The predicted molar refractivity (Wildman–Crippen MR) is 40.5 cm³/mol. The van der Waals surface area contributed by atoms with Crippen molar-refractivity contribution in [2.45, 2.75) is 20.8 Å². The van der Waals surface area contributed by atoms with Gasteiger partial charge in [-0.15, -0.1) is 0 Å². The second kappa shape index (κ2) is 6.95. The van der Waals surface area contributed by atoms with Gasteiger partial charge < -0.3 is 9.85 Å². The summed E-state index contributed by atoms with van der Waals surface area (Å²) in [6, 6.07) is 0. The van der Waals surface area contributed by atoms with Crippen LogP contribution in [-0.4, -0.2) is 34.8 Å². The molecule has 64 valence electrons. The van der Waals surface area contributed by atoms with E-state index in [1.807, 2.05) is 20.8 Å². The van der Waals surface area contributed by atoms with Crippen molar-refractivity contribution in [3.05, 3.63) is 5.21 Å². The first kappa shape index (κ1) is 12.5. The molecule has 0 unspecified atom stereocenters. The van der Waals surface area contributed by atoms with Crippen molar-refractivity contribution in [2.24, 2.45) is 0 Å². The minimum atomic E-state index is -0.0417. The Labute approximate surface area is 61.8 Å². The van der Waals surface area contributed by atoms with Crippen molar-refractivity contribution in [2.75, 3.05) is 19.6 Å². The molecule has 0 saturated carbocycles. The standard InChI is InChI=1S/C6H15NO.H2O2/c1-4-7(8,5-2)6-3;1-2/h4-6H2,1-3H3;1-2H. The van der Waals surface area contributed by atoms with Crippen LogP contribution in [-0.2, 0) is 0 Å². The Morgan fingerprint density at radius 3 is 1.20 bits per heavy atom. The molecule has 4 nitrogen and oxygen atoms in total. The highest BCUT2D eigenvalue weighted by Gasteiger charge is 2.04. The fourth-order valence-corrected chi connectivity index (χ4v) is 0.671. The first-order valence-corrected chi connectivity index (χ1v) is 3.45. The summed E-state index contributed by atoms with van der Waals surface area (Å²) in [5.74, 6) is 0. The van der Waals surface area contributed by atoms with Crippen LogP contribution in [0.1, 0.15) is 20.8 Å². The maximum atomic E-state index is 11.1. The quantitative estimate of drug-likeness (QED) is 0.364. The van der Waals surface area contributed by atoms with Gasteiger partial charge >= 0.3 is 0 Å². The smallest absolute Gasteiger partial charge is 0.0755 e. The first-order chi connectivity index (χ1) is 4.68. The molecule has 2 N–H and O–H groups in total. The van der Waals surface area contributed by atoms with Crippen molar-refractivity contribution in [3.8, 4) is 0 Å². The Morgan fingerprint density at radius 2 is 1.20 bits per heavy atom. The normalized spacial score (nSPS) is 10.2. The van der Waals surface area contributed by atoms with Crippen LogP contribution in [0.2, 0.25) is 0 Å². The second-order valence-corrected chi connectivity index (χ2v) is 2.01. The van der Waals surface area contributed by atoms with Gasteiger partial charge in [-0.05, 0) is 20.8 Å². The molecule has 0 aromatic rings. The number of hydrogen-bond donors (Lipinski definition) is 2. The Balaban J connectivity index is 0. The van der Waals surface area contributed by atoms with Crippen molar-refractivity contribution in [1.82, 2.24) is 0 Å². The van der Waals surface area contributed by atoms with Gasteiger partial charge in [-0.3, -0.25) is 10.5 Å². The summed E-state index contributed by atoms with van der Waals surface area (Å²) in [7, 11) is 0. The Kier molecular flexibility index (Phi) is 8.70. The Morgan fingerprint density at radius 1 is 1.00 bits per heavy atom.